The number of aromatic nitrogens is 3. The summed E-state index contributed by atoms with van der Waals surface area (Å²) in [5.41, 5.74) is 8.91. The highest BCUT2D eigenvalue weighted by Gasteiger charge is 2.15. The summed E-state index contributed by atoms with van der Waals surface area (Å²) in [4.78, 5) is 23.8. The number of nitrogens with zero attached hydrogens (tertiary/aromatic N) is 3. The van der Waals surface area contributed by atoms with Crippen molar-refractivity contribution in [2.24, 2.45) is 5.73 Å². The third-order valence-corrected chi connectivity index (χ3v) is 3.87. The number of primary amides is 1. The lowest BCUT2D eigenvalue weighted by Gasteiger charge is -2.09. The molecule has 0 atom stereocenters. The van der Waals surface area contributed by atoms with Crippen molar-refractivity contribution in [3.05, 3.63) is 71.0 Å². The number of aryl methyl sites for hydroxylation is 1. The van der Waals surface area contributed by atoms with Crippen LogP contribution < -0.4 is 11.1 Å². The van der Waals surface area contributed by atoms with Gasteiger partial charge >= 0.3 is 0 Å². The lowest BCUT2D eigenvalue weighted by Crippen LogP contribution is -2.17. The highest BCUT2D eigenvalue weighted by Crippen LogP contribution is 2.19. The van der Waals surface area contributed by atoms with Gasteiger partial charge in [-0.2, -0.15) is 0 Å². The maximum absolute atomic E-state index is 12.4. The van der Waals surface area contributed by atoms with Crippen molar-refractivity contribution in [3.8, 4) is 5.69 Å². The molecule has 0 aliphatic carbocycles. The summed E-state index contributed by atoms with van der Waals surface area (Å²) < 4.78 is 1.53. The van der Waals surface area contributed by atoms with Gasteiger partial charge in [0.1, 0.15) is 0 Å². The fourth-order valence-corrected chi connectivity index (χ4v) is 2.42. The molecule has 1 aromatic heterocycles. The normalized spacial score (nSPS) is 10.5. The average molecular weight is 335 g/mol. The Morgan fingerprint density at radius 3 is 2.48 bits per heavy atom. The number of hydrogen-bond acceptors (Lipinski definition) is 4. The number of carbonyl (C=O) groups is 2. The molecule has 0 spiro atoms. The Balaban J connectivity index is 1.82. The van der Waals surface area contributed by atoms with Gasteiger partial charge in [-0.15, -0.1) is 5.10 Å². The van der Waals surface area contributed by atoms with E-state index in [-0.39, 0.29) is 5.69 Å². The van der Waals surface area contributed by atoms with Gasteiger partial charge in [0.05, 0.1) is 11.9 Å². The molecule has 25 heavy (non-hydrogen) atoms. The van der Waals surface area contributed by atoms with Crippen LogP contribution in [0.15, 0.2) is 48.7 Å². The Labute approximate surface area is 144 Å². The number of amides is 2. The lowest BCUT2D eigenvalue weighted by atomic mass is 10.1. The van der Waals surface area contributed by atoms with Crippen molar-refractivity contribution in [1.29, 1.82) is 0 Å². The Morgan fingerprint density at radius 2 is 1.80 bits per heavy atom. The summed E-state index contributed by atoms with van der Waals surface area (Å²) in [6.07, 6.45) is 1.55. The van der Waals surface area contributed by atoms with Crippen molar-refractivity contribution in [3.63, 3.8) is 0 Å². The van der Waals surface area contributed by atoms with Crippen molar-refractivity contribution < 1.29 is 9.59 Å². The van der Waals surface area contributed by atoms with Crippen LogP contribution in [0.1, 0.15) is 32.0 Å². The van der Waals surface area contributed by atoms with Crippen molar-refractivity contribution in [2.75, 3.05) is 5.32 Å². The average Bonchev–Trinajstić information content (AvgIpc) is 3.07. The second kappa shape index (κ2) is 6.56. The van der Waals surface area contributed by atoms with Crippen LogP contribution in [0.3, 0.4) is 0 Å². The minimum absolute atomic E-state index is 0.171. The van der Waals surface area contributed by atoms with Gasteiger partial charge in [0.25, 0.3) is 5.91 Å². The molecular weight excluding hydrogens is 318 g/mol. The van der Waals surface area contributed by atoms with Crippen LogP contribution in [0, 0.1) is 13.8 Å². The SMILES string of the molecule is Cc1ccc(-n2cc(C(=O)Nc3cccc(C(N)=O)c3C)nn2)cc1. The molecule has 0 saturated carbocycles. The minimum Gasteiger partial charge on any atom is -0.366 e. The first-order valence-electron chi connectivity index (χ1n) is 7.66. The standard InChI is InChI=1S/C18H17N5O2/c1-11-6-8-13(9-7-11)23-10-16(21-22-23)18(25)20-15-5-3-4-14(12(15)2)17(19)24/h3-10H,1-2H3,(H2,19,24)(H,20,25). The summed E-state index contributed by atoms with van der Waals surface area (Å²) in [6.45, 7) is 3.71. The molecule has 0 radical (unpaired) electrons. The van der Waals surface area contributed by atoms with E-state index >= 15 is 0 Å². The second-order valence-corrected chi connectivity index (χ2v) is 5.68. The molecule has 0 bridgehead atoms. The van der Waals surface area contributed by atoms with E-state index in [0.29, 0.717) is 16.8 Å². The minimum atomic E-state index is -0.543. The maximum atomic E-state index is 12.4. The summed E-state index contributed by atoms with van der Waals surface area (Å²) in [6, 6.07) is 12.7. The molecule has 3 N–H and O–H groups in total. The Morgan fingerprint density at radius 1 is 1.08 bits per heavy atom. The Kier molecular flexibility index (Phi) is 4.30. The molecular formula is C18H17N5O2. The number of hydrogen-bond donors (Lipinski definition) is 2. The first-order chi connectivity index (χ1) is 12.0. The predicted molar refractivity (Wildman–Crippen MR) is 93.7 cm³/mol. The fraction of sp³-hybridized carbons (Fsp3) is 0.111. The van der Waals surface area contributed by atoms with Gasteiger partial charge in [0, 0.05) is 11.3 Å². The molecule has 7 heteroatoms. The first kappa shape index (κ1) is 16.4. The van der Waals surface area contributed by atoms with Gasteiger partial charge in [-0.25, -0.2) is 4.68 Å². The number of benzene rings is 2. The maximum Gasteiger partial charge on any atom is 0.277 e. The topological polar surface area (TPSA) is 103 Å². The molecule has 3 rings (SSSR count). The molecule has 126 valence electrons. The van der Waals surface area contributed by atoms with Crippen LogP contribution in [0.5, 0.6) is 0 Å². The zero-order valence-corrected chi connectivity index (χ0v) is 13.9. The van der Waals surface area contributed by atoms with E-state index in [1.807, 2.05) is 31.2 Å². The molecule has 1 heterocycles. The second-order valence-electron chi connectivity index (χ2n) is 5.68. The third kappa shape index (κ3) is 3.40. The predicted octanol–water partition coefficient (Wildman–Crippen LogP) is 2.24. The molecule has 7 nitrogen and oxygen atoms in total. The first-order valence-corrected chi connectivity index (χ1v) is 7.66. The van der Waals surface area contributed by atoms with E-state index in [1.54, 1.807) is 31.3 Å². The largest absolute Gasteiger partial charge is 0.366 e. The lowest BCUT2D eigenvalue weighted by molar-refractivity contribution is 0.0995. The monoisotopic (exact) mass is 335 g/mol. The Hall–Kier alpha value is -3.48. The smallest absolute Gasteiger partial charge is 0.277 e. The molecule has 3 aromatic rings. The van der Waals surface area contributed by atoms with Gasteiger partial charge in [0.2, 0.25) is 5.91 Å². The van der Waals surface area contributed by atoms with Crippen LogP contribution in [-0.2, 0) is 0 Å². The number of nitrogens with two attached hydrogens (primary N) is 1. The summed E-state index contributed by atoms with van der Waals surface area (Å²) in [7, 11) is 0. The molecule has 2 aromatic carbocycles. The van der Waals surface area contributed by atoms with Gasteiger partial charge in [0.15, 0.2) is 5.69 Å². The van der Waals surface area contributed by atoms with Crippen LogP contribution in [0.25, 0.3) is 5.69 Å². The zero-order chi connectivity index (χ0) is 18.0. The number of anilines is 1. The summed E-state index contributed by atoms with van der Waals surface area (Å²) in [5, 5.41) is 10.6. The van der Waals surface area contributed by atoms with Crippen LogP contribution in [0.2, 0.25) is 0 Å². The molecule has 0 unspecified atom stereocenters. The van der Waals surface area contributed by atoms with Gasteiger partial charge in [-0.1, -0.05) is 29.0 Å². The zero-order valence-electron chi connectivity index (χ0n) is 13.9. The van der Waals surface area contributed by atoms with E-state index in [2.05, 4.69) is 15.6 Å². The number of nitrogens with one attached hydrogen (secondary N) is 1. The quantitative estimate of drug-likeness (QED) is 0.763. The molecule has 0 aliphatic heterocycles. The van der Waals surface area contributed by atoms with Crippen LogP contribution in [0.4, 0.5) is 5.69 Å². The highest BCUT2D eigenvalue weighted by atomic mass is 16.2. The van der Waals surface area contributed by atoms with Crippen molar-refractivity contribution in [1.82, 2.24) is 15.0 Å². The van der Waals surface area contributed by atoms with E-state index in [9.17, 15) is 9.59 Å². The molecule has 2 amide bonds. The van der Waals surface area contributed by atoms with Gasteiger partial charge in [-0.05, 0) is 43.7 Å². The van der Waals surface area contributed by atoms with E-state index in [0.717, 1.165) is 11.3 Å². The van der Waals surface area contributed by atoms with Crippen molar-refractivity contribution >= 4 is 17.5 Å². The fourth-order valence-electron chi connectivity index (χ4n) is 2.42. The molecule has 0 saturated heterocycles. The number of carbonyl (C=O) groups excluding carboxylic acids is 2. The van der Waals surface area contributed by atoms with E-state index in [4.69, 9.17) is 5.73 Å². The van der Waals surface area contributed by atoms with Gasteiger partial charge in [-0.3, -0.25) is 9.59 Å². The van der Waals surface area contributed by atoms with Crippen LogP contribution in [-0.4, -0.2) is 26.8 Å². The molecule has 0 fully saturated rings. The summed E-state index contributed by atoms with van der Waals surface area (Å²) >= 11 is 0. The highest BCUT2D eigenvalue weighted by molar-refractivity contribution is 6.04. The summed E-state index contributed by atoms with van der Waals surface area (Å²) in [5.74, 6) is -0.956. The Bertz CT molecular complexity index is 944. The van der Waals surface area contributed by atoms with E-state index in [1.165, 1.54) is 4.68 Å². The molecule has 0 aliphatic rings. The third-order valence-electron chi connectivity index (χ3n) is 3.87. The van der Waals surface area contributed by atoms with Gasteiger partial charge < -0.3 is 11.1 Å². The van der Waals surface area contributed by atoms with E-state index < -0.39 is 11.8 Å². The number of rotatable bonds is 4. The van der Waals surface area contributed by atoms with Crippen molar-refractivity contribution in [2.45, 2.75) is 13.8 Å². The van der Waals surface area contributed by atoms with Crippen LogP contribution >= 0.6 is 0 Å².